The van der Waals surface area contributed by atoms with Crippen molar-refractivity contribution in [3.8, 4) is 11.5 Å². The zero-order valence-electron chi connectivity index (χ0n) is 14.0. The summed E-state index contributed by atoms with van der Waals surface area (Å²) in [5.41, 5.74) is 0.822. The molecule has 4 rings (SSSR count). The molecular formula is C16H15ClF2N4O4. The van der Waals surface area contributed by atoms with Gasteiger partial charge in [-0.05, 0) is 17.7 Å². The number of carbonyl (C=O) groups is 1. The summed E-state index contributed by atoms with van der Waals surface area (Å²) in [6, 6.07) is 4.42. The molecule has 2 aliphatic heterocycles. The molecule has 1 aromatic carbocycles. The van der Waals surface area contributed by atoms with E-state index in [1.807, 2.05) is 0 Å². The van der Waals surface area contributed by atoms with Crippen LogP contribution in [0.4, 0.5) is 19.4 Å². The van der Waals surface area contributed by atoms with Crippen LogP contribution in [-0.2, 0) is 6.54 Å². The molecule has 0 bridgehead atoms. The maximum Gasteiger partial charge on any atom is 0.586 e. The normalized spacial score (nSPS) is 18.6. The molecule has 0 radical (unpaired) electrons. The second-order valence-corrected chi connectivity index (χ2v) is 6.56. The third-order valence-electron chi connectivity index (χ3n) is 4.28. The van der Waals surface area contributed by atoms with E-state index in [0.29, 0.717) is 32.7 Å². The predicted octanol–water partition coefficient (Wildman–Crippen LogP) is 3.00. The van der Waals surface area contributed by atoms with E-state index in [2.05, 4.69) is 29.4 Å². The molecule has 1 N–H and O–H groups in total. The lowest BCUT2D eigenvalue weighted by molar-refractivity contribution is -0.286. The van der Waals surface area contributed by atoms with Crippen molar-refractivity contribution in [1.82, 2.24) is 15.0 Å². The second-order valence-electron chi connectivity index (χ2n) is 6.15. The van der Waals surface area contributed by atoms with Gasteiger partial charge in [0.05, 0.1) is 0 Å². The molecule has 2 aromatic rings. The lowest BCUT2D eigenvalue weighted by Gasteiger charge is -2.34. The second kappa shape index (κ2) is 6.86. The first-order valence-electron chi connectivity index (χ1n) is 8.16. The number of fused-ring (bicyclic) bond motifs is 1. The largest absolute Gasteiger partial charge is 0.586 e. The molecule has 1 aromatic heterocycles. The van der Waals surface area contributed by atoms with E-state index < -0.39 is 6.29 Å². The minimum atomic E-state index is -3.62. The van der Waals surface area contributed by atoms with Gasteiger partial charge in [-0.2, -0.15) is 0 Å². The third kappa shape index (κ3) is 3.91. The van der Waals surface area contributed by atoms with Crippen LogP contribution in [0.1, 0.15) is 5.56 Å². The SMILES string of the molecule is O=C(Nc1nocc1Cl)N1CCN(Cc2ccc3c(c2)OC(F)(F)O3)CC1. The number of benzene rings is 1. The maximum absolute atomic E-state index is 13.1. The number of aromatic nitrogens is 1. The van der Waals surface area contributed by atoms with Crippen LogP contribution in [0, 0.1) is 0 Å². The van der Waals surface area contributed by atoms with E-state index >= 15 is 0 Å². The molecule has 1 saturated heterocycles. The highest BCUT2D eigenvalue weighted by Gasteiger charge is 2.43. The molecular weight excluding hydrogens is 386 g/mol. The Hall–Kier alpha value is -2.59. The Bertz CT molecular complexity index is 855. The number of anilines is 1. The van der Waals surface area contributed by atoms with E-state index in [9.17, 15) is 13.6 Å². The van der Waals surface area contributed by atoms with Gasteiger partial charge in [-0.3, -0.25) is 10.2 Å². The Labute approximate surface area is 157 Å². The molecule has 1 fully saturated rings. The number of ether oxygens (including phenoxy) is 2. The average Bonchev–Trinajstić information content (AvgIpc) is 3.16. The summed E-state index contributed by atoms with van der Waals surface area (Å²) in [7, 11) is 0. The molecule has 0 spiro atoms. The number of carbonyl (C=O) groups excluding carboxylic acids is 1. The fourth-order valence-corrected chi connectivity index (χ4v) is 3.07. The number of halogens is 3. The molecule has 144 valence electrons. The Kier molecular flexibility index (Phi) is 4.52. The molecule has 11 heteroatoms. The van der Waals surface area contributed by atoms with Gasteiger partial charge >= 0.3 is 12.3 Å². The van der Waals surface area contributed by atoms with Gasteiger partial charge < -0.3 is 18.9 Å². The molecule has 0 unspecified atom stereocenters. The first-order valence-corrected chi connectivity index (χ1v) is 8.54. The van der Waals surface area contributed by atoms with Crippen molar-refractivity contribution in [2.45, 2.75) is 12.8 Å². The summed E-state index contributed by atoms with van der Waals surface area (Å²) in [6.45, 7) is 2.82. The molecule has 3 heterocycles. The van der Waals surface area contributed by atoms with E-state index in [4.69, 9.17) is 11.6 Å². The Morgan fingerprint density at radius 1 is 1.22 bits per heavy atom. The highest BCUT2D eigenvalue weighted by Crippen LogP contribution is 2.41. The number of hydrogen-bond acceptors (Lipinski definition) is 6. The van der Waals surface area contributed by atoms with Gasteiger partial charge in [-0.25, -0.2) is 4.79 Å². The number of rotatable bonds is 3. The van der Waals surface area contributed by atoms with Crippen molar-refractivity contribution in [1.29, 1.82) is 0 Å². The van der Waals surface area contributed by atoms with Gasteiger partial charge in [-0.15, -0.1) is 8.78 Å². The zero-order chi connectivity index (χ0) is 19.0. The number of amides is 2. The summed E-state index contributed by atoms with van der Waals surface area (Å²) in [6.07, 6.45) is -2.39. The van der Waals surface area contributed by atoms with Crippen molar-refractivity contribution < 1.29 is 27.6 Å². The van der Waals surface area contributed by atoms with Crippen LogP contribution in [-0.4, -0.2) is 53.5 Å². The van der Waals surface area contributed by atoms with Crippen molar-refractivity contribution in [3.05, 3.63) is 35.0 Å². The topological polar surface area (TPSA) is 80.1 Å². The number of nitrogens with one attached hydrogen (secondary N) is 1. The van der Waals surface area contributed by atoms with E-state index in [0.717, 1.165) is 5.56 Å². The fraction of sp³-hybridized carbons (Fsp3) is 0.375. The van der Waals surface area contributed by atoms with Crippen LogP contribution in [0.3, 0.4) is 0 Å². The first-order chi connectivity index (χ1) is 12.9. The Morgan fingerprint density at radius 3 is 2.67 bits per heavy atom. The van der Waals surface area contributed by atoms with Crippen LogP contribution >= 0.6 is 11.6 Å². The summed E-state index contributed by atoms with van der Waals surface area (Å²) < 4.78 is 39.7. The van der Waals surface area contributed by atoms with Crippen molar-refractivity contribution >= 4 is 23.4 Å². The predicted molar refractivity (Wildman–Crippen MR) is 90.0 cm³/mol. The van der Waals surface area contributed by atoms with Crippen LogP contribution in [0.5, 0.6) is 11.5 Å². The molecule has 0 atom stereocenters. The van der Waals surface area contributed by atoms with Crippen LogP contribution in [0.25, 0.3) is 0 Å². The first kappa shape index (κ1) is 17.8. The lowest BCUT2D eigenvalue weighted by atomic mass is 10.1. The summed E-state index contributed by atoms with van der Waals surface area (Å²) in [5.74, 6) is 0.234. The molecule has 8 nitrogen and oxygen atoms in total. The van der Waals surface area contributed by atoms with Crippen molar-refractivity contribution in [2.75, 3.05) is 31.5 Å². The molecule has 0 aliphatic carbocycles. The smallest absolute Gasteiger partial charge is 0.395 e. The van der Waals surface area contributed by atoms with Crippen molar-refractivity contribution in [3.63, 3.8) is 0 Å². The highest BCUT2D eigenvalue weighted by molar-refractivity contribution is 6.33. The minimum Gasteiger partial charge on any atom is -0.395 e. The van der Waals surface area contributed by atoms with E-state index in [-0.39, 0.29) is 28.4 Å². The Morgan fingerprint density at radius 2 is 1.96 bits per heavy atom. The molecule has 0 saturated carbocycles. The molecule has 27 heavy (non-hydrogen) atoms. The van der Waals surface area contributed by atoms with Gasteiger partial charge in [0.15, 0.2) is 17.3 Å². The van der Waals surface area contributed by atoms with Gasteiger partial charge in [0.25, 0.3) is 0 Å². The van der Waals surface area contributed by atoms with Crippen LogP contribution in [0.15, 0.2) is 29.0 Å². The lowest BCUT2D eigenvalue weighted by Crippen LogP contribution is -2.49. The summed E-state index contributed by atoms with van der Waals surface area (Å²) >= 11 is 5.83. The van der Waals surface area contributed by atoms with Crippen LogP contribution in [0.2, 0.25) is 5.02 Å². The van der Waals surface area contributed by atoms with Gasteiger partial charge in [0, 0.05) is 32.7 Å². The van der Waals surface area contributed by atoms with Gasteiger partial charge in [-0.1, -0.05) is 22.8 Å². The zero-order valence-corrected chi connectivity index (χ0v) is 14.7. The summed E-state index contributed by atoms with van der Waals surface area (Å²) in [5, 5.41) is 6.43. The minimum absolute atomic E-state index is 0.0248. The maximum atomic E-state index is 13.1. The van der Waals surface area contributed by atoms with Gasteiger partial charge in [0.1, 0.15) is 11.3 Å². The number of nitrogens with zero attached hydrogens (tertiary/aromatic N) is 3. The van der Waals surface area contributed by atoms with Gasteiger partial charge in [0.2, 0.25) is 0 Å². The summed E-state index contributed by atoms with van der Waals surface area (Å²) in [4.78, 5) is 16.0. The fourth-order valence-electron chi connectivity index (χ4n) is 2.95. The third-order valence-corrected chi connectivity index (χ3v) is 4.55. The van der Waals surface area contributed by atoms with E-state index in [1.165, 1.54) is 12.3 Å². The highest BCUT2D eigenvalue weighted by atomic mass is 35.5. The van der Waals surface area contributed by atoms with Crippen molar-refractivity contribution in [2.24, 2.45) is 0 Å². The van der Waals surface area contributed by atoms with E-state index in [1.54, 1.807) is 17.0 Å². The molecule has 2 aliphatic rings. The quantitative estimate of drug-likeness (QED) is 0.853. The molecule has 2 amide bonds. The average molecular weight is 401 g/mol. The monoisotopic (exact) mass is 400 g/mol. The standard InChI is InChI=1S/C16H15ClF2N4O4/c17-11-9-25-21-14(11)20-15(24)23-5-3-22(4-6-23)8-10-1-2-12-13(7-10)27-16(18,19)26-12/h1-2,7,9H,3-6,8H2,(H,20,21,24). The number of piperazine rings is 1. The Balaban J connectivity index is 1.30. The van der Waals surface area contributed by atoms with Crippen LogP contribution < -0.4 is 14.8 Å². The number of urea groups is 1. The number of alkyl halides is 2. The number of hydrogen-bond donors (Lipinski definition) is 1.